The fraction of sp³-hybridized carbons (Fsp3) is 0.538. The number of hydrogen-bond acceptors (Lipinski definition) is 2. The minimum atomic E-state index is -0.138. The first-order valence-corrected chi connectivity index (χ1v) is 5.45. The van der Waals surface area contributed by atoms with E-state index in [1.165, 1.54) is 0 Å². The molecule has 0 spiro atoms. The van der Waals surface area contributed by atoms with Crippen LogP contribution in [0.15, 0.2) is 23.3 Å². The normalized spacial score (nSPS) is 12.8. The fourth-order valence-electron chi connectivity index (χ4n) is 1.23. The van der Waals surface area contributed by atoms with Crippen LogP contribution in [0.25, 0.3) is 0 Å². The molecule has 0 aromatic heterocycles. The second-order valence-corrected chi connectivity index (χ2v) is 3.53. The van der Waals surface area contributed by atoms with Gasteiger partial charge in [-0.05, 0) is 32.8 Å². The summed E-state index contributed by atoms with van der Waals surface area (Å²) in [7, 11) is 0. The molecule has 0 aliphatic heterocycles. The summed E-state index contributed by atoms with van der Waals surface area (Å²) in [4.78, 5) is 23.4. The van der Waals surface area contributed by atoms with E-state index in [1.54, 1.807) is 32.9 Å². The molecule has 15 heavy (non-hydrogen) atoms. The fourth-order valence-corrected chi connectivity index (χ4v) is 1.23. The Hall–Kier alpha value is -1.18. The number of unbranched alkanes of at least 4 members (excludes halogenated alkanes) is 1. The molecule has 2 nitrogen and oxygen atoms in total. The van der Waals surface area contributed by atoms with E-state index in [-0.39, 0.29) is 11.6 Å². The van der Waals surface area contributed by atoms with Crippen molar-refractivity contribution in [3.8, 4) is 0 Å². The quantitative estimate of drug-likeness (QED) is 0.381. The molecule has 0 fully saturated rings. The van der Waals surface area contributed by atoms with Crippen LogP contribution in [-0.2, 0) is 9.59 Å². The molecule has 0 rings (SSSR count). The molecule has 0 bridgehead atoms. The molecule has 0 amide bonds. The lowest BCUT2D eigenvalue weighted by Crippen LogP contribution is -2.13. The van der Waals surface area contributed by atoms with Gasteiger partial charge in [-0.2, -0.15) is 0 Å². The summed E-state index contributed by atoms with van der Waals surface area (Å²) >= 11 is 0. The van der Waals surface area contributed by atoms with Crippen molar-refractivity contribution < 1.29 is 9.59 Å². The molecule has 0 saturated heterocycles. The molecule has 0 radical (unpaired) electrons. The Morgan fingerprint density at radius 2 is 1.73 bits per heavy atom. The summed E-state index contributed by atoms with van der Waals surface area (Å²) < 4.78 is 0. The molecule has 84 valence electrons. The number of hydrogen-bond donors (Lipinski definition) is 0. The molecule has 0 atom stereocenters. The first kappa shape index (κ1) is 13.8. The Bertz CT molecular complexity index is 296. The third-order valence-electron chi connectivity index (χ3n) is 2.38. The van der Waals surface area contributed by atoms with Gasteiger partial charge in [0.05, 0.1) is 5.57 Å². The number of rotatable bonds is 6. The zero-order valence-corrected chi connectivity index (χ0v) is 10.1. The van der Waals surface area contributed by atoms with Crippen molar-refractivity contribution in [2.75, 3.05) is 0 Å². The highest BCUT2D eigenvalue weighted by molar-refractivity contribution is 6.25. The molecular formula is C13H20O2. The Labute approximate surface area is 92.1 Å². The van der Waals surface area contributed by atoms with E-state index in [4.69, 9.17) is 0 Å². The predicted molar refractivity (Wildman–Crippen MR) is 62.7 cm³/mol. The van der Waals surface area contributed by atoms with Crippen molar-refractivity contribution in [2.45, 2.75) is 47.0 Å². The van der Waals surface area contributed by atoms with Crippen LogP contribution < -0.4 is 0 Å². The van der Waals surface area contributed by atoms with Crippen LogP contribution in [0.4, 0.5) is 0 Å². The number of carbonyl (C=O) groups is 2. The van der Waals surface area contributed by atoms with Crippen LogP contribution in [0.2, 0.25) is 0 Å². The summed E-state index contributed by atoms with van der Waals surface area (Å²) in [5.74, 6) is -0.174. The standard InChI is InChI=1S/C13H20O2/c1-5-8-9-12(14)11(7-3)13(15)10(4)6-2/h6-7H,5,8-9H2,1-4H3/b10-6+,11-7-. The molecule has 2 heteroatoms. The number of Topliss-reactive ketones (excluding diaryl/α,β-unsaturated/α-hetero) is 2. The van der Waals surface area contributed by atoms with E-state index in [0.717, 1.165) is 12.8 Å². The molecule has 0 saturated carbocycles. The van der Waals surface area contributed by atoms with Crippen LogP contribution in [0.1, 0.15) is 47.0 Å². The van der Waals surface area contributed by atoms with Gasteiger partial charge < -0.3 is 0 Å². The summed E-state index contributed by atoms with van der Waals surface area (Å²) in [6.07, 6.45) is 5.64. The van der Waals surface area contributed by atoms with E-state index in [0.29, 0.717) is 17.6 Å². The SMILES string of the molecule is C/C=C(/C(=O)CCCC)C(=O)/C(C)=C/C. The first-order valence-electron chi connectivity index (χ1n) is 5.45. The van der Waals surface area contributed by atoms with Gasteiger partial charge in [-0.15, -0.1) is 0 Å². The maximum absolute atomic E-state index is 11.8. The molecule has 0 aromatic carbocycles. The zero-order valence-electron chi connectivity index (χ0n) is 10.1. The monoisotopic (exact) mass is 208 g/mol. The van der Waals surface area contributed by atoms with Gasteiger partial charge in [0.2, 0.25) is 0 Å². The van der Waals surface area contributed by atoms with Gasteiger partial charge >= 0.3 is 0 Å². The lowest BCUT2D eigenvalue weighted by atomic mass is 9.97. The molecule has 0 aromatic rings. The molecular weight excluding hydrogens is 188 g/mol. The van der Waals surface area contributed by atoms with E-state index in [9.17, 15) is 9.59 Å². The lowest BCUT2D eigenvalue weighted by molar-refractivity contribution is -0.119. The smallest absolute Gasteiger partial charge is 0.191 e. The summed E-state index contributed by atoms with van der Waals surface area (Å²) in [6, 6.07) is 0. The van der Waals surface area contributed by atoms with Gasteiger partial charge in [0, 0.05) is 6.42 Å². The van der Waals surface area contributed by atoms with Gasteiger partial charge in [0.1, 0.15) is 0 Å². The average Bonchev–Trinajstić information content (AvgIpc) is 2.25. The van der Waals surface area contributed by atoms with Gasteiger partial charge in [0.25, 0.3) is 0 Å². The highest BCUT2D eigenvalue weighted by Gasteiger charge is 2.17. The minimum Gasteiger partial charge on any atom is -0.294 e. The Kier molecular flexibility index (Phi) is 6.59. The van der Waals surface area contributed by atoms with Gasteiger partial charge in [-0.1, -0.05) is 25.5 Å². The predicted octanol–water partition coefficient (Wildman–Crippen LogP) is 3.23. The average molecular weight is 208 g/mol. The molecule has 0 unspecified atom stereocenters. The van der Waals surface area contributed by atoms with Crippen molar-refractivity contribution in [3.63, 3.8) is 0 Å². The van der Waals surface area contributed by atoms with Crippen molar-refractivity contribution in [3.05, 3.63) is 23.3 Å². The lowest BCUT2D eigenvalue weighted by Gasteiger charge is -2.04. The molecule has 0 aliphatic carbocycles. The summed E-state index contributed by atoms with van der Waals surface area (Å²) in [5, 5.41) is 0. The van der Waals surface area contributed by atoms with E-state index < -0.39 is 0 Å². The maximum atomic E-state index is 11.8. The third-order valence-corrected chi connectivity index (χ3v) is 2.38. The molecule has 0 aliphatic rings. The van der Waals surface area contributed by atoms with Crippen molar-refractivity contribution in [1.29, 1.82) is 0 Å². The third kappa shape index (κ3) is 4.24. The number of ketones is 2. The summed E-state index contributed by atoms with van der Waals surface area (Å²) in [5.41, 5.74) is 0.965. The van der Waals surface area contributed by atoms with Crippen LogP contribution in [0, 0.1) is 0 Å². The van der Waals surface area contributed by atoms with Crippen LogP contribution in [0.3, 0.4) is 0 Å². The minimum absolute atomic E-state index is 0.0365. The number of carbonyl (C=O) groups excluding carboxylic acids is 2. The van der Waals surface area contributed by atoms with Gasteiger partial charge in [0.15, 0.2) is 11.6 Å². The topological polar surface area (TPSA) is 34.1 Å². The summed E-state index contributed by atoms with van der Waals surface area (Å²) in [6.45, 7) is 7.30. The zero-order chi connectivity index (χ0) is 11.8. The van der Waals surface area contributed by atoms with Crippen LogP contribution in [-0.4, -0.2) is 11.6 Å². The Morgan fingerprint density at radius 3 is 2.13 bits per heavy atom. The second-order valence-electron chi connectivity index (χ2n) is 3.53. The Balaban J connectivity index is 4.65. The van der Waals surface area contributed by atoms with Crippen LogP contribution >= 0.6 is 0 Å². The second kappa shape index (κ2) is 7.16. The number of allylic oxidation sites excluding steroid dienone is 4. The van der Waals surface area contributed by atoms with Gasteiger partial charge in [-0.3, -0.25) is 9.59 Å². The van der Waals surface area contributed by atoms with Crippen molar-refractivity contribution in [2.24, 2.45) is 0 Å². The highest BCUT2D eigenvalue weighted by atomic mass is 16.1. The maximum Gasteiger partial charge on any atom is 0.191 e. The van der Waals surface area contributed by atoms with Crippen LogP contribution in [0.5, 0.6) is 0 Å². The van der Waals surface area contributed by atoms with Crippen molar-refractivity contribution >= 4 is 11.6 Å². The molecule has 0 heterocycles. The molecule has 0 N–H and O–H groups in total. The van der Waals surface area contributed by atoms with E-state index in [1.807, 2.05) is 6.92 Å². The van der Waals surface area contributed by atoms with Gasteiger partial charge in [-0.25, -0.2) is 0 Å². The largest absolute Gasteiger partial charge is 0.294 e. The van der Waals surface area contributed by atoms with E-state index in [2.05, 4.69) is 0 Å². The van der Waals surface area contributed by atoms with Crippen molar-refractivity contribution in [1.82, 2.24) is 0 Å². The first-order chi connectivity index (χ1) is 7.08. The van der Waals surface area contributed by atoms with E-state index >= 15 is 0 Å². The Morgan fingerprint density at radius 1 is 1.13 bits per heavy atom. The highest BCUT2D eigenvalue weighted by Crippen LogP contribution is 2.11.